The number of nitrogen functional groups attached to an aromatic ring is 1. The van der Waals surface area contributed by atoms with Gasteiger partial charge in [-0.2, -0.15) is 10.2 Å². The van der Waals surface area contributed by atoms with Crippen LogP contribution in [-0.4, -0.2) is 28.0 Å². The molecular weight excluding hydrogens is 268 g/mol. The van der Waals surface area contributed by atoms with Gasteiger partial charge in [-0.15, -0.1) is 0 Å². The van der Waals surface area contributed by atoms with E-state index in [9.17, 15) is 8.42 Å². The topological polar surface area (TPSA) is 108 Å². The lowest BCUT2D eigenvalue weighted by molar-refractivity contribution is 0.594. The number of aromatic nitrogens is 4. The highest BCUT2D eigenvalue weighted by Gasteiger charge is 2.22. The Bertz CT molecular complexity index is 672. The van der Waals surface area contributed by atoms with Crippen molar-refractivity contribution in [1.82, 2.24) is 19.6 Å². The van der Waals surface area contributed by atoms with E-state index in [1.807, 2.05) is 6.92 Å². The molecule has 0 unspecified atom stereocenters. The summed E-state index contributed by atoms with van der Waals surface area (Å²) in [7, 11) is -2.11. The number of anilines is 2. The van der Waals surface area contributed by atoms with Crippen molar-refractivity contribution in [3.63, 3.8) is 0 Å². The zero-order chi connectivity index (χ0) is 14.0. The van der Waals surface area contributed by atoms with Gasteiger partial charge in [-0.05, 0) is 6.42 Å². The van der Waals surface area contributed by atoms with Crippen molar-refractivity contribution in [3.05, 3.63) is 18.5 Å². The fourth-order valence-electron chi connectivity index (χ4n) is 1.64. The molecule has 2 heterocycles. The summed E-state index contributed by atoms with van der Waals surface area (Å²) in [6.07, 6.45) is 3.77. The van der Waals surface area contributed by atoms with Gasteiger partial charge >= 0.3 is 0 Å². The van der Waals surface area contributed by atoms with Crippen molar-refractivity contribution >= 4 is 21.7 Å². The molecule has 0 amide bonds. The predicted molar refractivity (Wildman–Crippen MR) is 70.9 cm³/mol. The fourth-order valence-corrected chi connectivity index (χ4v) is 2.80. The largest absolute Gasteiger partial charge is 0.381 e. The monoisotopic (exact) mass is 284 g/mol. The van der Waals surface area contributed by atoms with Crippen LogP contribution in [0.5, 0.6) is 0 Å². The average Bonchev–Trinajstić information content (AvgIpc) is 2.87. The molecule has 0 radical (unpaired) electrons. The molecular formula is C10H16N6O2S. The maximum atomic E-state index is 12.2. The second-order valence-corrected chi connectivity index (χ2v) is 5.74. The number of hydrogen-bond acceptors (Lipinski definition) is 5. The molecule has 0 aliphatic heterocycles. The van der Waals surface area contributed by atoms with E-state index in [4.69, 9.17) is 5.73 Å². The zero-order valence-corrected chi connectivity index (χ0v) is 11.6. The first-order valence-electron chi connectivity index (χ1n) is 5.78. The van der Waals surface area contributed by atoms with Gasteiger partial charge in [0.1, 0.15) is 10.7 Å². The summed E-state index contributed by atoms with van der Waals surface area (Å²) in [5, 5.41) is 7.86. The third-order valence-corrected chi connectivity index (χ3v) is 3.93. The molecule has 2 aromatic rings. The molecule has 0 saturated carbocycles. The van der Waals surface area contributed by atoms with Gasteiger partial charge < -0.3 is 5.73 Å². The van der Waals surface area contributed by atoms with E-state index >= 15 is 0 Å². The summed E-state index contributed by atoms with van der Waals surface area (Å²) in [6, 6.07) is 1.56. The molecule has 0 aliphatic carbocycles. The first-order chi connectivity index (χ1) is 8.94. The molecule has 104 valence electrons. The molecule has 0 spiro atoms. The minimum Gasteiger partial charge on any atom is -0.381 e. The molecule has 9 heteroatoms. The number of sulfonamides is 1. The molecule has 0 saturated heterocycles. The van der Waals surface area contributed by atoms with Crippen LogP contribution in [-0.2, 0) is 23.6 Å². The first kappa shape index (κ1) is 13.4. The van der Waals surface area contributed by atoms with Crippen LogP contribution < -0.4 is 10.5 Å². The number of nitrogens with two attached hydrogens (primary N) is 1. The minimum absolute atomic E-state index is 0.0110. The highest BCUT2D eigenvalue weighted by atomic mass is 32.2. The highest BCUT2D eigenvalue weighted by molar-refractivity contribution is 7.92. The molecule has 8 nitrogen and oxygen atoms in total. The van der Waals surface area contributed by atoms with Crippen LogP contribution in [0.4, 0.5) is 11.6 Å². The second-order valence-electron chi connectivity index (χ2n) is 4.09. The van der Waals surface area contributed by atoms with Gasteiger partial charge in [0.15, 0.2) is 5.82 Å². The van der Waals surface area contributed by atoms with Crippen LogP contribution in [0, 0.1) is 0 Å². The van der Waals surface area contributed by atoms with Crippen molar-refractivity contribution in [2.75, 3.05) is 10.5 Å². The van der Waals surface area contributed by atoms with Crippen molar-refractivity contribution in [2.45, 2.75) is 24.8 Å². The normalized spacial score (nSPS) is 11.7. The van der Waals surface area contributed by atoms with Crippen molar-refractivity contribution in [3.8, 4) is 0 Å². The molecule has 2 rings (SSSR count). The van der Waals surface area contributed by atoms with E-state index in [0.29, 0.717) is 12.4 Å². The van der Waals surface area contributed by atoms with Crippen LogP contribution in [0.15, 0.2) is 23.4 Å². The van der Waals surface area contributed by atoms with Gasteiger partial charge in [-0.25, -0.2) is 8.42 Å². The summed E-state index contributed by atoms with van der Waals surface area (Å²) in [5.74, 6) is 0.353. The number of rotatable bonds is 5. The average molecular weight is 284 g/mol. The lowest BCUT2D eigenvalue weighted by Gasteiger charge is -2.06. The maximum Gasteiger partial charge on any atom is 0.268 e. The molecule has 2 aromatic heterocycles. The summed E-state index contributed by atoms with van der Waals surface area (Å²) in [6.45, 7) is 2.59. The van der Waals surface area contributed by atoms with E-state index in [1.165, 1.54) is 21.8 Å². The van der Waals surface area contributed by atoms with E-state index in [0.717, 1.165) is 6.42 Å². The van der Waals surface area contributed by atoms with E-state index in [2.05, 4.69) is 14.9 Å². The zero-order valence-electron chi connectivity index (χ0n) is 10.7. The minimum atomic E-state index is -3.75. The standard InChI is InChI=1S/C10H16N6O2S/c1-3-6-16-7-8(10(11)13-16)19(17,18)14-9-4-5-12-15(9)2/h4-5,7,14H,3,6H2,1-2H3,(H2,11,13). The Morgan fingerprint density at radius 1 is 1.47 bits per heavy atom. The van der Waals surface area contributed by atoms with Gasteiger partial charge in [0, 0.05) is 25.9 Å². The number of nitrogens with zero attached hydrogens (tertiary/aromatic N) is 4. The lowest BCUT2D eigenvalue weighted by Crippen LogP contribution is -2.16. The third-order valence-electron chi connectivity index (χ3n) is 2.56. The Morgan fingerprint density at radius 2 is 2.21 bits per heavy atom. The molecule has 0 fully saturated rings. The van der Waals surface area contributed by atoms with Crippen molar-refractivity contribution < 1.29 is 8.42 Å². The van der Waals surface area contributed by atoms with Crippen molar-refractivity contribution in [1.29, 1.82) is 0 Å². The fraction of sp³-hybridized carbons (Fsp3) is 0.400. The Balaban J connectivity index is 2.32. The first-order valence-corrected chi connectivity index (χ1v) is 7.26. The third kappa shape index (κ3) is 2.70. The summed E-state index contributed by atoms with van der Waals surface area (Å²) in [5.41, 5.74) is 5.65. The Kier molecular flexibility index (Phi) is 3.47. The Labute approximate surface area is 111 Å². The van der Waals surface area contributed by atoms with Crippen molar-refractivity contribution in [2.24, 2.45) is 7.05 Å². The molecule has 0 aromatic carbocycles. The van der Waals surface area contributed by atoms with E-state index in [-0.39, 0.29) is 10.7 Å². The highest BCUT2D eigenvalue weighted by Crippen LogP contribution is 2.20. The maximum absolute atomic E-state index is 12.2. The number of hydrogen-bond donors (Lipinski definition) is 2. The number of nitrogens with one attached hydrogen (secondary N) is 1. The quantitative estimate of drug-likeness (QED) is 0.826. The molecule has 0 atom stereocenters. The van der Waals surface area contributed by atoms with Crippen LogP contribution >= 0.6 is 0 Å². The molecule has 0 bridgehead atoms. The van der Waals surface area contributed by atoms with Crippen LogP contribution in [0.25, 0.3) is 0 Å². The van der Waals surface area contributed by atoms with Gasteiger partial charge in [-0.3, -0.25) is 14.1 Å². The van der Waals surface area contributed by atoms with Crippen LogP contribution in [0.2, 0.25) is 0 Å². The van der Waals surface area contributed by atoms with Gasteiger partial charge in [0.05, 0.1) is 6.20 Å². The summed E-state index contributed by atoms with van der Waals surface area (Å²) in [4.78, 5) is -0.0258. The molecule has 19 heavy (non-hydrogen) atoms. The smallest absolute Gasteiger partial charge is 0.268 e. The van der Waals surface area contributed by atoms with Crippen LogP contribution in [0.3, 0.4) is 0 Å². The van der Waals surface area contributed by atoms with Crippen LogP contribution in [0.1, 0.15) is 13.3 Å². The van der Waals surface area contributed by atoms with Gasteiger partial charge in [0.25, 0.3) is 10.0 Å². The van der Waals surface area contributed by atoms with E-state index < -0.39 is 10.0 Å². The number of aryl methyl sites for hydroxylation is 2. The molecule has 3 N–H and O–H groups in total. The molecule has 0 aliphatic rings. The lowest BCUT2D eigenvalue weighted by atomic mass is 10.5. The second kappa shape index (κ2) is 4.92. The van der Waals surface area contributed by atoms with E-state index in [1.54, 1.807) is 13.1 Å². The SMILES string of the molecule is CCCn1cc(S(=O)(=O)Nc2ccnn2C)c(N)n1. The van der Waals surface area contributed by atoms with Gasteiger partial charge in [-0.1, -0.05) is 6.92 Å². The Hall–Kier alpha value is -2.03. The Morgan fingerprint density at radius 3 is 2.79 bits per heavy atom. The predicted octanol–water partition coefficient (Wildman–Crippen LogP) is 0.410. The summed E-state index contributed by atoms with van der Waals surface area (Å²) >= 11 is 0. The summed E-state index contributed by atoms with van der Waals surface area (Å²) < 4.78 is 29.8. The van der Waals surface area contributed by atoms with Gasteiger partial charge in [0.2, 0.25) is 0 Å².